The van der Waals surface area contributed by atoms with E-state index in [0.717, 1.165) is 0 Å². The lowest BCUT2D eigenvalue weighted by atomic mass is 10.1. The highest BCUT2D eigenvalue weighted by atomic mass is 16.2. The fourth-order valence-electron chi connectivity index (χ4n) is 2.00. The van der Waals surface area contributed by atoms with E-state index in [-0.39, 0.29) is 22.2 Å². The largest absolute Gasteiger partial charge is 0.328 e. The Morgan fingerprint density at radius 2 is 1.71 bits per heavy atom. The smallest absolute Gasteiger partial charge is 0.259 e. The van der Waals surface area contributed by atoms with Gasteiger partial charge in [0.25, 0.3) is 17.7 Å². The Morgan fingerprint density at radius 1 is 0.952 bits per heavy atom. The number of nitrogens with one attached hydrogen (secondary N) is 3. The van der Waals surface area contributed by atoms with Crippen LogP contribution in [0.3, 0.4) is 0 Å². The van der Waals surface area contributed by atoms with Crippen LogP contribution in [-0.4, -0.2) is 22.7 Å². The molecule has 0 aliphatic carbocycles. The van der Waals surface area contributed by atoms with Gasteiger partial charge in [-0.15, -0.1) is 0 Å². The molecule has 0 atom stereocenters. The molecule has 1 aromatic carbocycles. The van der Waals surface area contributed by atoms with Crippen LogP contribution in [0.4, 0.5) is 5.69 Å². The molecule has 0 spiro atoms. The minimum absolute atomic E-state index is 0.222. The molecule has 2 aromatic rings. The highest BCUT2D eigenvalue weighted by Crippen LogP contribution is 2.20. The second-order valence-electron chi connectivity index (χ2n) is 4.44. The fraction of sp³-hybridized carbons (Fsp3) is 0. The van der Waals surface area contributed by atoms with E-state index in [4.69, 9.17) is 0 Å². The summed E-state index contributed by atoms with van der Waals surface area (Å²) >= 11 is 0. The van der Waals surface area contributed by atoms with Crippen molar-refractivity contribution in [3.05, 3.63) is 63.6 Å². The predicted octanol–water partition coefficient (Wildman–Crippen LogP) is 0.511. The van der Waals surface area contributed by atoms with Crippen LogP contribution < -0.4 is 16.2 Å². The van der Waals surface area contributed by atoms with Crippen molar-refractivity contribution in [1.82, 2.24) is 10.3 Å². The van der Waals surface area contributed by atoms with Crippen molar-refractivity contribution in [3.8, 4) is 0 Å². The first-order chi connectivity index (χ1) is 10.0. The Bertz CT molecular complexity index is 818. The zero-order valence-electron chi connectivity index (χ0n) is 10.6. The number of aromatic nitrogens is 1. The number of pyridine rings is 1. The third kappa shape index (κ3) is 2.32. The summed E-state index contributed by atoms with van der Waals surface area (Å²) < 4.78 is 0. The lowest BCUT2D eigenvalue weighted by Crippen LogP contribution is -2.19. The molecule has 0 unspecified atom stereocenters. The Kier molecular flexibility index (Phi) is 2.87. The van der Waals surface area contributed by atoms with Crippen LogP contribution in [0.5, 0.6) is 0 Å². The summed E-state index contributed by atoms with van der Waals surface area (Å²) in [6.45, 7) is 0. The summed E-state index contributed by atoms with van der Waals surface area (Å²) in [5.74, 6) is -1.38. The van der Waals surface area contributed by atoms with Crippen LogP contribution in [-0.2, 0) is 0 Å². The Hall–Kier alpha value is -3.22. The molecule has 1 aliphatic rings. The fourth-order valence-corrected chi connectivity index (χ4v) is 2.00. The van der Waals surface area contributed by atoms with Crippen LogP contribution in [0.1, 0.15) is 31.1 Å². The second kappa shape index (κ2) is 4.71. The summed E-state index contributed by atoms with van der Waals surface area (Å²) in [6.07, 6.45) is 1.29. The van der Waals surface area contributed by atoms with Crippen LogP contribution in [0.2, 0.25) is 0 Å². The van der Waals surface area contributed by atoms with Gasteiger partial charge in [-0.3, -0.25) is 24.5 Å². The van der Waals surface area contributed by atoms with E-state index >= 15 is 0 Å². The van der Waals surface area contributed by atoms with Gasteiger partial charge in [0, 0.05) is 18.0 Å². The van der Waals surface area contributed by atoms with Crippen LogP contribution >= 0.6 is 0 Å². The highest BCUT2D eigenvalue weighted by molar-refractivity contribution is 6.22. The SMILES string of the molecule is O=C(Nc1ccc2c(c1)C(=O)NC2=O)c1ccc(=O)[nH]c1. The minimum Gasteiger partial charge on any atom is -0.328 e. The Morgan fingerprint density at radius 3 is 2.43 bits per heavy atom. The molecule has 0 fully saturated rings. The molecule has 3 rings (SSSR count). The molecule has 7 heteroatoms. The van der Waals surface area contributed by atoms with Crippen LogP contribution in [0.25, 0.3) is 0 Å². The molecule has 21 heavy (non-hydrogen) atoms. The quantitative estimate of drug-likeness (QED) is 0.698. The molecular weight excluding hydrogens is 274 g/mol. The number of hydrogen-bond donors (Lipinski definition) is 3. The maximum atomic E-state index is 12.0. The van der Waals surface area contributed by atoms with Crippen molar-refractivity contribution < 1.29 is 14.4 Å². The van der Waals surface area contributed by atoms with Gasteiger partial charge in [-0.2, -0.15) is 0 Å². The molecule has 1 aliphatic heterocycles. The molecule has 0 saturated carbocycles. The first kappa shape index (κ1) is 12.8. The van der Waals surface area contributed by atoms with Crippen LogP contribution in [0, 0.1) is 0 Å². The number of amides is 3. The average Bonchev–Trinajstić information content (AvgIpc) is 2.74. The van der Waals surface area contributed by atoms with E-state index < -0.39 is 17.7 Å². The standard InChI is InChI=1S/C14H9N3O4/c18-11-4-1-7(6-15-11)12(19)16-8-2-3-9-10(5-8)14(21)17-13(9)20/h1-6H,(H,15,18)(H,16,19)(H,17,20,21). The van der Waals surface area contributed by atoms with Crippen molar-refractivity contribution in [2.24, 2.45) is 0 Å². The van der Waals surface area contributed by atoms with Crippen molar-refractivity contribution in [2.45, 2.75) is 0 Å². The third-order valence-corrected chi connectivity index (χ3v) is 3.04. The number of benzene rings is 1. The van der Waals surface area contributed by atoms with Crippen LogP contribution in [0.15, 0.2) is 41.3 Å². The van der Waals surface area contributed by atoms with Crippen molar-refractivity contribution in [3.63, 3.8) is 0 Å². The third-order valence-electron chi connectivity index (χ3n) is 3.04. The van der Waals surface area contributed by atoms with Gasteiger partial charge in [-0.05, 0) is 24.3 Å². The predicted molar refractivity (Wildman–Crippen MR) is 73.3 cm³/mol. The van der Waals surface area contributed by atoms with Gasteiger partial charge in [-0.1, -0.05) is 0 Å². The molecule has 7 nitrogen and oxygen atoms in total. The van der Waals surface area contributed by atoms with Gasteiger partial charge in [-0.25, -0.2) is 0 Å². The number of carbonyl (C=O) groups is 3. The van der Waals surface area contributed by atoms with Crippen molar-refractivity contribution in [1.29, 1.82) is 0 Å². The van der Waals surface area contributed by atoms with Gasteiger partial charge in [0.1, 0.15) is 0 Å². The zero-order valence-corrected chi connectivity index (χ0v) is 10.6. The molecule has 3 N–H and O–H groups in total. The van der Waals surface area contributed by atoms with E-state index in [2.05, 4.69) is 15.6 Å². The monoisotopic (exact) mass is 283 g/mol. The van der Waals surface area contributed by atoms with E-state index in [0.29, 0.717) is 5.69 Å². The average molecular weight is 283 g/mol. The normalized spacial score (nSPS) is 12.8. The Labute approximate surface area is 118 Å². The van der Waals surface area contributed by atoms with Gasteiger partial charge in [0.2, 0.25) is 5.56 Å². The number of fused-ring (bicyclic) bond motifs is 1. The number of imide groups is 1. The van der Waals surface area contributed by atoms with E-state index in [1.807, 2.05) is 0 Å². The maximum Gasteiger partial charge on any atom is 0.259 e. The molecule has 2 heterocycles. The lowest BCUT2D eigenvalue weighted by molar-refractivity contribution is 0.0878. The molecule has 104 valence electrons. The molecule has 0 radical (unpaired) electrons. The number of anilines is 1. The van der Waals surface area contributed by atoms with Gasteiger partial charge < -0.3 is 10.3 Å². The molecule has 3 amide bonds. The Balaban J connectivity index is 1.86. The van der Waals surface area contributed by atoms with E-state index in [1.54, 1.807) is 0 Å². The summed E-state index contributed by atoms with van der Waals surface area (Å²) in [7, 11) is 0. The van der Waals surface area contributed by atoms with E-state index in [1.165, 1.54) is 36.5 Å². The maximum absolute atomic E-state index is 12.0. The molecule has 1 aromatic heterocycles. The number of aromatic amines is 1. The summed E-state index contributed by atoms with van der Waals surface area (Å²) in [5.41, 5.74) is 0.853. The first-order valence-electron chi connectivity index (χ1n) is 6.04. The van der Waals surface area contributed by atoms with Gasteiger partial charge in [0.15, 0.2) is 0 Å². The molecular formula is C14H9N3O4. The number of rotatable bonds is 2. The summed E-state index contributed by atoms with van der Waals surface area (Å²) in [5, 5.41) is 4.76. The van der Waals surface area contributed by atoms with Crippen molar-refractivity contribution >= 4 is 23.4 Å². The lowest BCUT2D eigenvalue weighted by Gasteiger charge is -2.06. The first-order valence-corrected chi connectivity index (χ1v) is 6.04. The van der Waals surface area contributed by atoms with Gasteiger partial charge in [0.05, 0.1) is 16.7 Å². The van der Waals surface area contributed by atoms with Gasteiger partial charge >= 0.3 is 0 Å². The highest BCUT2D eigenvalue weighted by Gasteiger charge is 2.26. The van der Waals surface area contributed by atoms with Crippen molar-refractivity contribution in [2.75, 3.05) is 5.32 Å². The zero-order chi connectivity index (χ0) is 15.0. The number of hydrogen-bond acceptors (Lipinski definition) is 4. The minimum atomic E-state index is -0.491. The molecule has 0 bridgehead atoms. The number of carbonyl (C=O) groups excluding carboxylic acids is 3. The summed E-state index contributed by atoms with van der Waals surface area (Å²) in [6, 6.07) is 7.05. The number of H-pyrrole nitrogens is 1. The molecule has 0 saturated heterocycles. The topological polar surface area (TPSA) is 108 Å². The summed E-state index contributed by atoms with van der Waals surface area (Å²) in [4.78, 5) is 48.2. The van der Waals surface area contributed by atoms with E-state index in [9.17, 15) is 19.2 Å². The second-order valence-corrected chi connectivity index (χ2v) is 4.44.